The fourth-order valence-electron chi connectivity index (χ4n) is 9.01. The second-order valence-electron chi connectivity index (χ2n) is 16.8. The van der Waals surface area contributed by atoms with Crippen molar-refractivity contribution in [1.29, 1.82) is 0 Å². The maximum absolute atomic E-state index is 14.2. The van der Waals surface area contributed by atoms with E-state index in [1.54, 1.807) is 34.1 Å². The molecule has 14 nitrogen and oxygen atoms in total. The van der Waals surface area contributed by atoms with Crippen molar-refractivity contribution in [3.05, 3.63) is 108 Å². The molecule has 3 aromatic rings. The first-order chi connectivity index (χ1) is 29.9. The Hall–Kier alpha value is -6.28. The Morgan fingerprint density at radius 1 is 0.839 bits per heavy atom. The van der Waals surface area contributed by atoms with Crippen molar-refractivity contribution in [3.8, 4) is 17.2 Å². The summed E-state index contributed by atoms with van der Waals surface area (Å²) in [4.78, 5) is 61.2. The van der Waals surface area contributed by atoms with Gasteiger partial charge in [0.15, 0.2) is 17.7 Å². The van der Waals surface area contributed by atoms with Crippen LogP contribution in [0.25, 0.3) is 5.57 Å². The molecule has 3 atom stereocenters. The number of fused-ring (bicyclic) bond motifs is 4. The maximum atomic E-state index is 14.2. The number of aryl methyl sites for hydroxylation is 2. The topological polar surface area (TPSA) is 148 Å². The van der Waals surface area contributed by atoms with E-state index in [1.165, 1.54) is 29.1 Å². The first-order valence-corrected chi connectivity index (χ1v) is 21.3. The van der Waals surface area contributed by atoms with Crippen LogP contribution in [0.5, 0.6) is 17.2 Å². The number of benzene rings is 3. The Morgan fingerprint density at radius 2 is 1.50 bits per heavy atom. The molecule has 0 bridgehead atoms. The molecule has 8 rings (SSSR count). The zero-order valence-corrected chi connectivity index (χ0v) is 35.6. The van der Waals surface area contributed by atoms with Gasteiger partial charge in [-0.3, -0.25) is 14.5 Å². The Labute approximate surface area is 361 Å². The van der Waals surface area contributed by atoms with Crippen LogP contribution >= 0.6 is 0 Å². The predicted molar refractivity (Wildman–Crippen MR) is 233 cm³/mol. The van der Waals surface area contributed by atoms with Crippen LogP contribution in [0, 0.1) is 19.3 Å². The summed E-state index contributed by atoms with van der Waals surface area (Å²) in [6, 6.07) is 14.0. The molecule has 14 heteroatoms. The van der Waals surface area contributed by atoms with Gasteiger partial charge in [-0.15, -0.1) is 0 Å². The number of hydrogen-bond acceptors (Lipinski definition) is 10. The first kappa shape index (κ1) is 42.4. The highest BCUT2D eigenvalue weighted by molar-refractivity contribution is 6.07. The van der Waals surface area contributed by atoms with Gasteiger partial charge in [-0.1, -0.05) is 55.1 Å². The molecule has 5 aliphatic rings. The SMILES string of the molecule is C=CCOC(=O)N1C[C@@H]2CC(c3ccc(C)cc3)=CN2C(=O)c2cc(OC)c(OCCCCCOc3cc4c(cc3C)C(=O)N3CC5(CC5)C[C@H]3C(O)N4C(=O)OCC=C)cc21. The molecular formula is C48H54N4O10. The van der Waals surface area contributed by atoms with Crippen LogP contribution in [-0.2, 0) is 9.47 Å². The van der Waals surface area contributed by atoms with Gasteiger partial charge in [0.25, 0.3) is 11.8 Å². The normalized spacial score (nSPS) is 20.6. The van der Waals surface area contributed by atoms with Crippen LogP contribution in [0.4, 0.5) is 21.0 Å². The summed E-state index contributed by atoms with van der Waals surface area (Å²) in [5.41, 5.74) is 5.14. The molecule has 1 aliphatic carbocycles. The van der Waals surface area contributed by atoms with Crippen LogP contribution < -0.4 is 24.0 Å². The standard InChI is InChI=1S/C48H54N4O10/c1-6-17-61-46(56)50-28-34-22-33(32-13-11-30(3)12-14-32)27-49(34)43(53)36-23-41(58-5)42(24-37(36)50)60-20-10-8-9-19-59-40-25-38-35(21-31(40)4)44(54)51-29-48(15-16-48)26-39(51)45(55)52(38)47(57)62-18-7-2/h6-7,11-14,21,23-25,27,34,39,45,55H,1-2,8-10,15-20,22,26,28-29H2,3-5H3/t34-,39-,45?/m0/s1. The zero-order chi connectivity index (χ0) is 43.7. The van der Waals surface area contributed by atoms with Crippen LogP contribution in [0.2, 0.25) is 0 Å². The minimum absolute atomic E-state index is 0.0107. The highest BCUT2D eigenvalue weighted by Gasteiger charge is 2.58. The first-order valence-electron chi connectivity index (χ1n) is 21.3. The lowest BCUT2D eigenvalue weighted by molar-refractivity contribution is 0.0496. The number of anilines is 2. The Morgan fingerprint density at radius 3 is 2.18 bits per heavy atom. The molecule has 0 radical (unpaired) electrons. The van der Waals surface area contributed by atoms with Gasteiger partial charge < -0.3 is 38.6 Å². The number of methoxy groups -OCH3 is 1. The van der Waals surface area contributed by atoms with Gasteiger partial charge in [0.1, 0.15) is 19.0 Å². The molecule has 3 aromatic carbocycles. The Balaban J connectivity index is 0.928. The van der Waals surface area contributed by atoms with Crippen LogP contribution in [0.15, 0.2) is 80.0 Å². The van der Waals surface area contributed by atoms with Gasteiger partial charge in [-0.25, -0.2) is 14.5 Å². The van der Waals surface area contributed by atoms with E-state index in [9.17, 15) is 24.3 Å². The predicted octanol–water partition coefficient (Wildman–Crippen LogP) is 7.79. The van der Waals surface area contributed by atoms with Crippen molar-refractivity contribution >= 4 is 40.9 Å². The summed E-state index contributed by atoms with van der Waals surface area (Å²) >= 11 is 0. The zero-order valence-electron chi connectivity index (χ0n) is 35.6. The van der Waals surface area contributed by atoms with E-state index < -0.39 is 24.5 Å². The summed E-state index contributed by atoms with van der Waals surface area (Å²) < 4.78 is 29.1. The third-order valence-corrected chi connectivity index (χ3v) is 12.5. The lowest BCUT2D eigenvalue weighted by Gasteiger charge is -2.31. The molecule has 62 heavy (non-hydrogen) atoms. The molecular weight excluding hydrogens is 793 g/mol. The van der Waals surface area contributed by atoms with Crippen molar-refractivity contribution in [1.82, 2.24) is 9.80 Å². The van der Waals surface area contributed by atoms with Crippen LogP contribution in [0.1, 0.15) is 82.4 Å². The minimum Gasteiger partial charge on any atom is -0.493 e. The quantitative estimate of drug-likeness (QED) is 0.126. The van der Waals surface area contributed by atoms with E-state index in [0.29, 0.717) is 79.5 Å². The number of hydrogen-bond donors (Lipinski definition) is 1. The molecule has 4 amide bonds. The van der Waals surface area contributed by atoms with Crippen molar-refractivity contribution in [2.75, 3.05) is 56.4 Å². The maximum Gasteiger partial charge on any atom is 0.416 e. The molecule has 1 saturated heterocycles. The summed E-state index contributed by atoms with van der Waals surface area (Å²) in [6.07, 6.45) is 7.43. The van der Waals surface area contributed by atoms with Crippen molar-refractivity contribution < 1.29 is 48.0 Å². The summed E-state index contributed by atoms with van der Waals surface area (Å²) in [5.74, 6) is 0.763. The van der Waals surface area contributed by atoms with Gasteiger partial charge in [-0.2, -0.15) is 0 Å². The number of ether oxygens (including phenoxy) is 5. The second kappa shape index (κ2) is 17.6. The number of amides is 4. The minimum atomic E-state index is -1.28. The van der Waals surface area contributed by atoms with E-state index in [4.69, 9.17) is 23.7 Å². The van der Waals surface area contributed by atoms with Crippen molar-refractivity contribution in [2.45, 2.75) is 77.1 Å². The van der Waals surface area contributed by atoms with Gasteiger partial charge >= 0.3 is 12.2 Å². The molecule has 4 aliphatic heterocycles. The van der Waals surface area contributed by atoms with Crippen LogP contribution in [-0.4, -0.2) is 104 Å². The lowest BCUT2D eigenvalue weighted by atomic mass is 10.0. The highest BCUT2D eigenvalue weighted by Crippen LogP contribution is 2.57. The van der Waals surface area contributed by atoms with E-state index in [0.717, 1.165) is 41.5 Å². The third kappa shape index (κ3) is 8.23. The second-order valence-corrected chi connectivity index (χ2v) is 16.8. The summed E-state index contributed by atoms with van der Waals surface area (Å²) in [5, 5.41) is 11.6. The third-order valence-electron chi connectivity index (χ3n) is 12.5. The van der Waals surface area contributed by atoms with E-state index in [2.05, 4.69) is 13.2 Å². The van der Waals surface area contributed by atoms with E-state index in [1.807, 2.05) is 44.3 Å². The Kier molecular flexibility index (Phi) is 12.0. The van der Waals surface area contributed by atoms with E-state index in [-0.39, 0.29) is 48.7 Å². The van der Waals surface area contributed by atoms with Crippen molar-refractivity contribution in [3.63, 3.8) is 0 Å². The van der Waals surface area contributed by atoms with Crippen molar-refractivity contribution in [2.24, 2.45) is 5.41 Å². The number of aliphatic hydroxyl groups excluding tert-OH is 1. The molecule has 1 spiro atoms. The molecule has 2 fully saturated rings. The molecule has 326 valence electrons. The smallest absolute Gasteiger partial charge is 0.416 e. The van der Waals surface area contributed by atoms with Gasteiger partial charge in [0, 0.05) is 24.9 Å². The molecule has 0 aromatic heterocycles. The summed E-state index contributed by atoms with van der Waals surface area (Å²) in [7, 11) is 1.51. The molecule has 1 saturated carbocycles. The molecule has 1 unspecified atom stereocenters. The number of carbonyl (C=O) groups is 4. The van der Waals surface area contributed by atoms with Gasteiger partial charge in [0.2, 0.25) is 0 Å². The average Bonchev–Trinajstić information content (AvgIpc) is 3.77. The van der Waals surface area contributed by atoms with Gasteiger partial charge in [-0.05, 0) is 93.0 Å². The largest absolute Gasteiger partial charge is 0.493 e. The Bertz CT molecular complexity index is 2300. The van der Waals surface area contributed by atoms with E-state index >= 15 is 0 Å². The fourth-order valence-corrected chi connectivity index (χ4v) is 9.01. The number of nitrogens with zero attached hydrogens (tertiary/aromatic N) is 4. The van der Waals surface area contributed by atoms with Crippen LogP contribution in [0.3, 0.4) is 0 Å². The highest BCUT2D eigenvalue weighted by atomic mass is 16.6. The fraction of sp³-hybridized carbons (Fsp3) is 0.417. The van der Waals surface area contributed by atoms with Gasteiger partial charge in [0.05, 0.1) is 61.5 Å². The average molecular weight is 847 g/mol. The number of carbonyl (C=O) groups excluding carboxylic acids is 4. The molecule has 4 heterocycles. The molecule has 1 N–H and O–H groups in total. The number of unbranched alkanes of at least 4 members (excludes halogenated alkanes) is 2. The number of rotatable bonds is 14. The monoisotopic (exact) mass is 846 g/mol. The lowest BCUT2D eigenvalue weighted by Crippen LogP contribution is -2.50. The summed E-state index contributed by atoms with van der Waals surface area (Å²) in [6.45, 7) is 12.6. The number of aliphatic hydroxyl groups is 1.